The van der Waals surface area contributed by atoms with Crippen molar-refractivity contribution < 1.29 is 19.2 Å². The molecule has 0 aliphatic carbocycles. The van der Waals surface area contributed by atoms with Gasteiger partial charge in [0.05, 0.1) is 10.5 Å². The highest BCUT2D eigenvalue weighted by Gasteiger charge is 2.34. The molecule has 0 radical (unpaired) electrons. The quantitative estimate of drug-likeness (QED) is 0.468. The number of rotatable bonds is 4. The van der Waals surface area contributed by atoms with Gasteiger partial charge >= 0.3 is 5.97 Å². The third-order valence-corrected chi connectivity index (χ3v) is 4.72. The van der Waals surface area contributed by atoms with E-state index in [2.05, 4.69) is 0 Å². The SMILES string of the molecule is Cc1ccc(C(=O)O[C@H](C)C(=O)N2c3ccccc3C[C@H]2C)cc1[N+](=O)[O-]. The van der Waals surface area contributed by atoms with Crippen LogP contribution in [0.25, 0.3) is 0 Å². The number of para-hydroxylation sites is 1. The summed E-state index contributed by atoms with van der Waals surface area (Å²) in [4.78, 5) is 37.4. The Hall–Kier alpha value is -3.22. The molecule has 3 rings (SSSR count). The molecule has 0 unspecified atom stereocenters. The molecule has 1 heterocycles. The number of carbonyl (C=O) groups is 2. The van der Waals surface area contributed by atoms with Gasteiger partial charge in [0.25, 0.3) is 11.6 Å². The third-order valence-electron chi connectivity index (χ3n) is 4.72. The molecular formula is C20H20N2O5. The van der Waals surface area contributed by atoms with Gasteiger partial charge in [-0.05, 0) is 44.9 Å². The van der Waals surface area contributed by atoms with Crippen LogP contribution in [0.2, 0.25) is 0 Å². The second-order valence-electron chi connectivity index (χ2n) is 6.70. The van der Waals surface area contributed by atoms with E-state index < -0.39 is 17.0 Å². The molecule has 7 nitrogen and oxygen atoms in total. The minimum Gasteiger partial charge on any atom is -0.449 e. The molecule has 0 saturated carbocycles. The molecule has 2 aromatic carbocycles. The molecule has 0 saturated heterocycles. The molecule has 0 spiro atoms. The van der Waals surface area contributed by atoms with E-state index in [1.165, 1.54) is 25.1 Å². The lowest BCUT2D eigenvalue weighted by Crippen LogP contribution is -2.43. The Labute approximate surface area is 156 Å². The molecule has 0 N–H and O–H groups in total. The summed E-state index contributed by atoms with van der Waals surface area (Å²) < 4.78 is 5.30. The van der Waals surface area contributed by atoms with Crippen LogP contribution in [0.5, 0.6) is 0 Å². The Kier molecular flexibility index (Phi) is 4.94. The van der Waals surface area contributed by atoms with Crippen molar-refractivity contribution in [3.8, 4) is 0 Å². The van der Waals surface area contributed by atoms with Gasteiger partial charge in [-0.1, -0.05) is 24.3 Å². The van der Waals surface area contributed by atoms with E-state index in [-0.39, 0.29) is 23.2 Å². The van der Waals surface area contributed by atoms with E-state index in [0.717, 1.165) is 17.7 Å². The van der Waals surface area contributed by atoms with Crippen LogP contribution < -0.4 is 4.90 Å². The van der Waals surface area contributed by atoms with Crippen molar-refractivity contribution in [1.82, 2.24) is 0 Å². The summed E-state index contributed by atoms with van der Waals surface area (Å²) >= 11 is 0. The zero-order valence-electron chi connectivity index (χ0n) is 15.3. The normalized spacial score (nSPS) is 16.6. The first kappa shape index (κ1) is 18.6. The molecule has 2 atom stereocenters. The average molecular weight is 368 g/mol. The second-order valence-corrected chi connectivity index (χ2v) is 6.70. The molecule has 0 aromatic heterocycles. The standard InChI is InChI=1S/C20H20N2O5/c1-12-8-9-16(11-18(12)22(25)26)20(24)27-14(3)19(23)21-13(2)10-15-6-4-5-7-17(15)21/h4-9,11,13-14H,10H2,1-3H3/t13-,14-/m1/s1. The number of aryl methyl sites for hydroxylation is 1. The van der Waals surface area contributed by atoms with Crippen molar-refractivity contribution in [2.75, 3.05) is 4.90 Å². The highest BCUT2D eigenvalue weighted by molar-refractivity contribution is 6.01. The summed E-state index contributed by atoms with van der Waals surface area (Å²) in [5.41, 5.74) is 2.23. The highest BCUT2D eigenvalue weighted by atomic mass is 16.6. The smallest absolute Gasteiger partial charge is 0.339 e. The number of carbonyl (C=O) groups excluding carboxylic acids is 2. The number of ether oxygens (including phenoxy) is 1. The number of benzene rings is 2. The number of amides is 1. The van der Waals surface area contributed by atoms with Crippen LogP contribution in [0.1, 0.15) is 35.3 Å². The Bertz CT molecular complexity index is 924. The van der Waals surface area contributed by atoms with Crippen LogP contribution in [0, 0.1) is 17.0 Å². The number of nitro benzene ring substituents is 1. The molecule has 1 aliphatic rings. The van der Waals surface area contributed by atoms with Gasteiger partial charge in [-0.15, -0.1) is 0 Å². The lowest BCUT2D eigenvalue weighted by Gasteiger charge is -2.25. The number of anilines is 1. The van der Waals surface area contributed by atoms with Gasteiger partial charge in [0.2, 0.25) is 0 Å². The summed E-state index contributed by atoms with van der Waals surface area (Å²) in [7, 11) is 0. The Morgan fingerprint density at radius 2 is 1.96 bits per heavy atom. The van der Waals surface area contributed by atoms with Crippen molar-refractivity contribution in [2.24, 2.45) is 0 Å². The molecule has 7 heteroatoms. The number of nitrogens with zero attached hydrogens (tertiary/aromatic N) is 2. The molecule has 140 valence electrons. The van der Waals surface area contributed by atoms with Gasteiger partial charge < -0.3 is 9.64 Å². The van der Waals surface area contributed by atoms with Crippen molar-refractivity contribution in [3.05, 3.63) is 69.3 Å². The molecule has 0 fully saturated rings. The van der Waals surface area contributed by atoms with Crippen LogP contribution in [0.15, 0.2) is 42.5 Å². The first-order valence-electron chi connectivity index (χ1n) is 8.66. The first-order chi connectivity index (χ1) is 12.8. The van der Waals surface area contributed by atoms with Crippen LogP contribution in [-0.2, 0) is 16.0 Å². The maximum atomic E-state index is 12.9. The molecule has 1 amide bonds. The van der Waals surface area contributed by atoms with Crippen LogP contribution in [-0.4, -0.2) is 28.9 Å². The Balaban J connectivity index is 1.76. The summed E-state index contributed by atoms with van der Waals surface area (Å²) in [6, 6.07) is 11.7. The molecular weight excluding hydrogens is 348 g/mol. The van der Waals surface area contributed by atoms with Crippen molar-refractivity contribution in [2.45, 2.75) is 39.3 Å². The maximum Gasteiger partial charge on any atom is 0.339 e. The van der Waals surface area contributed by atoms with E-state index in [0.29, 0.717) is 5.56 Å². The van der Waals surface area contributed by atoms with E-state index in [1.54, 1.807) is 11.8 Å². The van der Waals surface area contributed by atoms with Crippen LogP contribution in [0.3, 0.4) is 0 Å². The van der Waals surface area contributed by atoms with E-state index in [1.807, 2.05) is 31.2 Å². The lowest BCUT2D eigenvalue weighted by atomic mass is 10.1. The van der Waals surface area contributed by atoms with E-state index in [9.17, 15) is 19.7 Å². The van der Waals surface area contributed by atoms with Gasteiger partial charge in [0.15, 0.2) is 6.10 Å². The number of esters is 1. The largest absolute Gasteiger partial charge is 0.449 e. The maximum absolute atomic E-state index is 12.9. The van der Waals surface area contributed by atoms with Crippen LogP contribution in [0.4, 0.5) is 11.4 Å². The predicted molar refractivity (Wildman–Crippen MR) is 99.8 cm³/mol. The summed E-state index contributed by atoms with van der Waals surface area (Å²) in [5.74, 6) is -1.08. The topological polar surface area (TPSA) is 89.8 Å². The molecule has 0 bridgehead atoms. The predicted octanol–water partition coefficient (Wildman–Crippen LogP) is 3.43. The average Bonchev–Trinajstić information content (AvgIpc) is 2.96. The number of hydrogen-bond acceptors (Lipinski definition) is 5. The Morgan fingerprint density at radius 3 is 2.67 bits per heavy atom. The minimum absolute atomic E-state index is 0.0310. The summed E-state index contributed by atoms with van der Waals surface area (Å²) in [6.45, 7) is 5.04. The number of fused-ring (bicyclic) bond motifs is 1. The minimum atomic E-state index is -1.01. The number of hydrogen-bond donors (Lipinski definition) is 0. The van der Waals surface area contributed by atoms with E-state index >= 15 is 0 Å². The number of nitro groups is 1. The van der Waals surface area contributed by atoms with Crippen molar-refractivity contribution in [1.29, 1.82) is 0 Å². The first-order valence-corrected chi connectivity index (χ1v) is 8.66. The van der Waals surface area contributed by atoms with Crippen molar-refractivity contribution in [3.63, 3.8) is 0 Å². The monoisotopic (exact) mass is 368 g/mol. The van der Waals surface area contributed by atoms with Gasteiger partial charge in [0, 0.05) is 23.4 Å². The Morgan fingerprint density at radius 1 is 1.26 bits per heavy atom. The highest BCUT2D eigenvalue weighted by Crippen LogP contribution is 2.32. The van der Waals surface area contributed by atoms with Gasteiger partial charge in [-0.2, -0.15) is 0 Å². The lowest BCUT2D eigenvalue weighted by molar-refractivity contribution is -0.385. The van der Waals surface area contributed by atoms with Crippen molar-refractivity contribution >= 4 is 23.3 Å². The third kappa shape index (κ3) is 3.53. The molecule has 27 heavy (non-hydrogen) atoms. The zero-order chi connectivity index (χ0) is 19.7. The summed E-state index contributed by atoms with van der Waals surface area (Å²) in [6.07, 6.45) is -0.265. The van der Waals surface area contributed by atoms with Gasteiger partial charge in [-0.3, -0.25) is 14.9 Å². The fraction of sp³-hybridized carbons (Fsp3) is 0.300. The zero-order valence-corrected chi connectivity index (χ0v) is 15.3. The van der Waals surface area contributed by atoms with E-state index in [4.69, 9.17) is 4.74 Å². The van der Waals surface area contributed by atoms with Crippen LogP contribution >= 0.6 is 0 Å². The van der Waals surface area contributed by atoms with Gasteiger partial charge in [0.1, 0.15) is 0 Å². The fourth-order valence-electron chi connectivity index (χ4n) is 3.31. The molecule has 1 aliphatic heterocycles. The fourth-order valence-corrected chi connectivity index (χ4v) is 3.31. The second kappa shape index (κ2) is 7.19. The summed E-state index contributed by atoms with van der Waals surface area (Å²) in [5, 5.41) is 11.0. The molecule has 2 aromatic rings. The van der Waals surface area contributed by atoms with Gasteiger partial charge in [-0.25, -0.2) is 4.79 Å².